The lowest BCUT2D eigenvalue weighted by Gasteiger charge is -2.22. The molecule has 0 atom stereocenters. The number of rotatable bonds is 6. The van der Waals surface area contributed by atoms with Crippen molar-refractivity contribution in [3.63, 3.8) is 0 Å². The molecule has 0 aliphatic rings. The summed E-state index contributed by atoms with van der Waals surface area (Å²) in [5.74, 6) is 0.906. The summed E-state index contributed by atoms with van der Waals surface area (Å²) >= 11 is 0. The first-order chi connectivity index (χ1) is 13.1. The van der Waals surface area contributed by atoms with E-state index in [0.29, 0.717) is 17.3 Å². The van der Waals surface area contributed by atoms with E-state index in [1.807, 2.05) is 54.3 Å². The molecule has 27 heavy (non-hydrogen) atoms. The van der Waals surface area contributed by atoms with Gasteiger partial charge in [0, 0.05) is 29.7 Å². The molecule has 0 spiro atoms. The number of methoxy groups -OCH3 is 1. The highest BCUT2D eigenvalue weighted by atomic mass is 16.5. The van der Waals surface area contributed by atoms with Crippen molar-refractivity contribution in [3.8, 4) is 0 Å². The molecule has 0 fully saturated rings. The van der Waals surface area contributed by atoms with Crippen LogP contribution in [0, 0.1) is 6.92 Å². The van der Waals surface area contributed by atoms with E-state index >= 15 is 0 Å². The zero-order valence-electron chi connectivity index (χ0n) is 15.6. The van der Waals surface area contributed by atoms with Crippen LogP contribution >= 0.6 is 0 Å². The number of ether oxygens (including phenoxy) is 1. The van der Waals surface area contributed by atoms with Crippen LogP contribution in [0.4, 0.5) is 23.1 Å². The molecule has 0 bridgehead atoms. The Morgan fingerprint density at radius 3 is 2.56 bits per heavy atom. The Balaban J connectivity index is 1.91. The molecule has 0 aliphatic carbocycles. The predicted molar refractivity (Wildman–Crippen MR) is 107 cm³/mol. The molecule has 6 heteroatoms. The first-order valence-corrected chi connectivity index (χ1v) is 8.74. The number of aromatic nitrogens is 2. The highest BCUT2D eigenvalue weighted by Crippen LogP contribution is 2.24. The first kappa shape index (κ1) is 18.4. The summed E-state index contributed by atoms with van der Waals surface area (Å²) in [6.07, 6.45) is 0. The number of benzene rings is 2. The average molecular weight is 362 g/mol. The van der Waals surface area contributed by atoms with Gasteiger partial charge in [-0.2, -0.15) is 4.98 Å². The van der Waals surface area contributed by atoms with Crippen molar-refractivity contribution in [2.45, 2.75) is 13.8 Å². The standard InChI is InChI=1S/C21H22N4O2/c1-4-25(18-11-6-5-7-12-18)21-22-15(2)13-19(24-21)23-17-10-8-9-16(14-17)20(26)27-3/h5-14H,4H2,1-3H3,(H,22,23,24). The molecule has 2 aromatic carbocycles. The van der Waals surface area contributed by atoms with Crippen LogP contribution in [-0.4, -0.2) is 29.6 Å². The minimum atomic E-state index is -0.376. The zero-order valence-corrected chi connectivity index (χ0v) is 15.6. The van der Waals surface area contributed by atoms with Crippen LogP contribution in [0.2, 0.25) is 0 Å². The summed E-state index contributed by atoms with van der Waals surface area (Å²) < 4.78 is 4.78. The number of carbonyl (C=O) groups is 1. The molecule has 1 N–H and O–H groups in total. The zero-order chi connectivity index (χ0) is 19.2. The third-order valence-electron chi connectivity index (χ3n) is 4.02. The van der Waals surface area contributed by atoms with E-state index in [4.69, 9.17) is 4.74 Å². The molecule has 0 aliphatic heterocycles. The minimum Gasteiger partial charge on any atom is -0.465 e. The quantitative estimate of drug-likeness (QED) is 0.653. The highest BCUT2D eigenvalue weighted by Gasteiger charge is 2.12. The highest BCUT2D eigenvalue weighted by molar-refractivity contribution is 5.90. The van der Waals surface area contributed by atoms with Gasteiger partial charge in [0.1, 0.15) is 5.82 Å². The average Bonchev–Trinajstić information content (AvgIpc) is 2.68. The molecule has 3 rings (SSSR count). The minimum absolute atomic E-state index is 0.376. The lowest BCUT2D eigenvalue weighted by atomic mass is 10.2. The lowest BCUT2D eigenvalue weighted by Crippen LogP contribution is -2.19. The van der Waals surface area contributed by atoms with Crippen LogP contribution in [0.25, 0.3) is 0 Å². The summed E-state index contributed by atoms with van der Waals surface area (Å²) in [6.45, 7) is 4.73. The maximum Gasteiger partial charge on any atom is 0.337 e. The van der Waals surface area contributed by atoms with Crippen LogP contribution in [0.3, 0.4) is 0 Å². The fourth-order valence-corrected chi connectivity index (χ4v) is 2.77. The smallest absolute Gasteiger partial charge is 0.337 e. The second-order valence-corrected chi connectivity index (χ2v) is 5.97. The van der Waals surface area contributed by atoms with Gasteiger partial charge >= 0.3 is 5.97 Å². The molecule has 0 unspecified atom stereocenters. The van der Waals surface area contributed by atoms with Crippen molar-refractivity contribution in [3.05, 3.63) is 71.9 Å². The number of aryl methyl sites for hydroxylation is 1. The van der Waals surface area contributed by atoms with Gasteiger partial charge in [-0.3, -0.25) is 0 Å². The fraction of sp³-hybridized carbons (Fsp3) is 0.190. The Hall–Kier alpha value is -3.41. The topological polar surface area (TPSA) is 67.4 Å². The molecule has 3 aromatic rings. The fourth-order valence-electron chi connectivity index (χ4n) is 2.77. The van der Waals surface area contributed by atoms with Gasteiger partial charge in [0.25, 0.3) is 0 Å². The molecule has 6 nitrogen and oxygen atoms in total. The summed E-state index contributed by atoms with van der Waals surface area (Å²) in [5, 5.41) is 3.25. The van der Waals surface area contributed by atoms with E-state index in [-0.39, 0.29) is 5.97 Å². The molecule has 0 amide bonds. The maximum absolute atomic E-state index is 11.7. The summed E-state index contributed by atoms with van der Waals surface area (Å²) in [6, 6.07) is 19.0. The molecule has 138 valence electrons. The number of hydrogen-bond donors (Lipinski definition) is 1. The predicted octanol–water partition coefficient (Wildman–Crippen LogP) is 4.47. The van der Waals surface area contributed by atoms with E-state index in [2.05, 4.69) is 22.2 Å². The van der Waals surface area contributed by atoms with E-state index in [9.17, 15) is 4.79 Å². The largest absolute Gasteiger partial charge is 0.465 e. The number of nitrogens with one attached hydrogen (secondary N) is 1. The molecular weight excluding hydrogens is 340 g/mol. The van der Waals surface area contributed by atoms with E-state index in [1.54, 1.807) is 18.2 Å². The van der Waals surface area contributed by atoms with Gasteiger partial charge in [-0.25, -0.2) is 9.78 Å². The van der Waals surface area contributed by atoms with Crippen LogP contribution in [-0.2, 0) is 4.74 Å². The van der Waals surface area contributed by atoms with Gasteiger partial charge in [0.2, 0.25) is 5.95 Å². The number of carbonyl (C=O) groups excluding carboxylic acids is 1. The lowest BCUT2D eigenvalue weighted by molar-refractivity contribution is 0.0601. The second kappa shape index (κ2) is 8.31. The normalized spacial score (nSPS) is 10.3. The number of esters is 1. The van der Waals surface area contributed by atoms with E-state index in [0.717, 1.165) is 23.6 Å². The second-order valence-electron chi connectivity index (χ2n) is 5.97. The molecular formula is C21H22N4O2. The molecule has 0 saturated carbocycles. The van der Waals surface area contributed by atoms with Crippen molar-refractivity contribution in [2.75, 3.05) is 23.9 Å². The van der Waals surface area contributed by atoms with Crippen molar-refractivity contribution < 1.29 is 9.53 Å². The van der Waals surface area contributed by atoms with E-state index in [1.165, 1.54) is 7.11 Å². The van der Waals surface area contributed by atoms with Gasteiger partial charge in [-0.15, -0.1) is 0 Å². The van der Waals surface area contributed by atoms with Crippen LogP contribution in [0.5, 0.6) is 0 Å². The molecule has 1 aromatic heterocycles. The van der Waals surface area contributed by atoms with Crippen molar-refractivity contribution in [2.24, 2.45) is 0 Å². The van der Waals surface area contributed by atoms with E-state index < -0.39 is 0 Å². The maximum atomic E-state index is 11.7. The Kier molecular flexibility index (Phi) is 5.66. The third-order valence-corrected chi connectivity index (χ3v) is 4.02. The van der Waals surface area contributed by atoms with Crippen LogP contribution in [0.15, 0.2) is 60.7 Å². The Morgan fingerprint density at radius 1 is 1.07 bits per heavy atom. The number of hydrogen-bond acceptors (Lipinski definition) is 6. The van der Waals surface area contributed by atoms with Crippen molar-refractivity contribution in [1.82, 2.24) is 9.97 Å². The van der Waals surface area contributed by atoms with Gasteiger partial charge in [-0.05, 0) is 44.2 Å². The Morgan fingerprint density at radius 2 is 1.85 bits per heavy atom. The first-order valence-electron chi connectivity index (χ1n) is 8.74. The number of para-hydroxylation sites is 1. The number of anilines is 4. The number of nitrogens with zero attached hydrogens (tertiary/aromatic N) is 3. The van der Waals surface area contributed by atoms with Crippen LogP contribution in [0.1, 0.15) is 23.0 Å². The Bertz CT molecular complexity index is 928. The monoisotopic (exact) mass is 362 g/mol. The summed E-state index contributed by atoms with van der Waals surface area (Å²) in [5.41, 5.74) is 3.11. The van der Waals surface area contributed by atoms with Gasteiger partial charge in [-0.1, -0.05) is 24.3 Å². The SMILES string of the molecule is CCN(c1ccccc1)c1nc(C)cc(Nc2cccc(C(=O)OC)c2)n1. The van der Waals surface area contributed by atoms with Crippen molar-refractivity contribution >= 4 is 29.1 Å². The Labute approximate surface area is 158 Å². The summed E-state index contributed by atoms with van der Waals surface area (Å²) in [7, 11) is 1.37. The van der Waals surface area contributed by atoms with Gasteiger partial charge < -0.3 is 15.0 Å². The third kappa shape index (κ3) is 4.41. The molecule has 0 saturated heterocycles. The molecule has 0 radical (unpaired) electrons. The summed E-state index contributed by atoms with van der Waals surface area (Å²) in [4.78, 5) is 23.0. The van der Waals surface area contributed by atoms with Crippen LogP contribution < -0.4 is 10.2 Å². The van der Waals surface area contributed by atoms with Gasteiger partial charge in [0.05, 0.1) is 12.7 Å². The van der Waals surface area contributed by atoms with Gasteiger partial charge in [0.15, 0.2) is 0 Å². The molecule has 1 heterocycles. The van der Waals surface area contributed by atoms with Crippen molar-refractivity contribution in [1.29, 1.82) is 0 Å².